The van der Waals surface area contributed by atoms with Crippen molar-refractivity contribution in [3.63, 3.8) is 0 Å². The molecule has 0 aromatic heterocycles. The van der Waals surface area contributed by atoms with Gasteiger partial charge in [0.25, 0.3) is 0 Å². The highest BCUT2D eigenvalue weighted by Gasteiger charge is 2.39. The number of nitrogens with one attached hydrogen (secondary N) is 1. The summed E-state index contributed by atoms with van der Waals surface area (Å²) in [4.78, 5) is 23.9. The van der Waals surface area contributed by atoms with E-state index >= 15 is 0 Å². The van der Waals surface area contributed by atoms with Crippen LogP contribution in [0.25, 0.3) is 0 Å². The second-order valence-corrected chi connectivity index (χ2v) is 4.76. The number of carbonyl (C=O) groups excluding carboxylic acids is 2. The van der Waals surface area contributed by atoms with Gasteiger partial charge >= 0.3 is 12.0 Å². The van der Waals surface area contributed by atoms with Crippen LogP contribution in [0.3, 0.4) is 0 Å². The number of esters is 1. The maximum absolute atomic E-state index is 11.5. The highest BCUT2D eigenvalue weighted by atomic mass is 16.7. The molecule has 1 aliphatic rings. The summed E-state index contributed by atoms with van der Waals surface area (Å²) >= 11 is 0. The number of rotatable bonds is 7. The van der Waals surface area contributed by atoms with Gasteiger partial charge in [0.1, 0.15) is 0 Å². The summed E-state index contributed by atoms with van der Waals surface area (Å²) in [6, 6.07) is -0.730. The van der Waals surface area contributed by atoms with E-state index < -0.39 is 36.9 Å². The van der Waals surface area contributed by atoms with Crippen LogP contribution in [0.5, 0.6) is 0 Å². The first-order valence-corrected chi connectivity index (χ1v) is 6.31. The van der Waals surface area contributed by atoms with Gasteiger partial charge in [0.05, 0.1) is 19.3 Å². The molecule has 1 heterocycles. The van der Waals surface area contributed by atoms with Crippen LogP contribution in [-0.2, 0) is 14.3 Å². The topological polar surface area (TPSA) is 129 Å². The molecule has 1 fully saturated rings. The average molecular weight is 304 g/mol. The minimum Gasteiger partial charge on any atom is -0.430 e. The summed E-state index contributed by atoms with van der Waals surface area (Å²) in [5.41, 5.74) is 0.132. The molecule has 9 heteroatoms. The van der Waals surface area contributed by atoms with Gasteiger partial charge in [-0.1, -0.05) is 6.58 Å². The zero-order valence-corrected chi connectivity index (χ0v) is 11.9. The second-order valence-electron chi connectivity index (χ2n) is 4.76. The first-order valence-electron chi connectivity index (χ1n) is 6.31. The molecule has 0 radical (unpaired) electrons. The molecule has 4 unspecified atom stereocenters. The van der Waals surface area contributed by atoms with Crippen LogP contribution in [0.4, 0.5) is 4.79 Å². The number of aliphatic hydroxyl groups is 3. The minimum atomic E-state index is -1.49. The van der Waals surface area contributed by atoms with E-state index in [4.69, 9.17) is 9.47 Å². The summed E-state index contributed by atoms with van der Waals surface area (Å²) in [6.45, 7) is 5.88. The van der Waals surface area contributed by atoms with E-state index in [1.807, 2.05) is 0 Å². The number of aliphatic hydroxyl groups excluding tert-OH is 3. The Morgan fingerprint density at radius 3 is 2.57 bits per heavy atom. The largest absolute Gasteiger partial charge is 0.430 e. The zero-order valence-electron chi connectivity index (χ0n) is 11.9. The molecule has 1 saturated heterocycles. The van der Waals surface area contributed by atoms with Crippen LogP contribution >= 0.6 is 0 Å². The van der Waals surface area contributed by atoms with Gasteiger partial charge < -0.3 is 30.1 Å². The van der Waals surface area contributed by atoms with Crippen molar-refractivity contribution >= 4 is 12.0 Å². The quantitative estimate of drug-likeness (QED) is 0.256. The van der Waals surface area contributed by atoms with Crippen molar-refractivity contribution in [3.8, 4) is 0 Å². The number of nitrogens with zero attached hydrogens (tertiary/aromatic N) is 1. The van der Waals surface area contributed by atoms with Crippen molar-refractivity contribution in [3.05, 3.63) is 12.2 Å². The average Bonchev–Trinajstić information content (AvgIpc) is 2.62. The van der Waals surface area contributed by atoms with Crippen LogP contribution in [0.1, 0.15) is 13.8 Å². The number of hydrogen-bond acceptors (Lipinski definition) is 7. The predicted octanol–water partition coefficient (Wildman–Crippen LogP) is -1.51. The Bertz CT molecular complexity index is 412. The van der Waals surface area contributed by atoms with Crippen LogP contribution in [0, 0.1) is 0 Å². The van der Waals surface area contributed by atoms with Gasteiger partial charge in [-0.15, -0.1) is 0 Å². The normalized spacial score (nSPS) is 24.4. The zero-order chi connectivity index (χ0) is 16.2. The van der Waals surface area contributed by atoms with Gasteiger partial charge in [0.15, 0.2) is 12.5 Å². The number of ether oxygens (including phenoxy) is 2. The fourth-order valence-electron chi connectivity index (χ4n) is 1.52. The second kappa shape index (κ2) is 7.36. The van der Waals surface area contributed by atoms with Crippen molar-refractivity contribution in [2.45, 2.75) is 38.7 Å². The first kappa shape index (κ1) is 17.4. The Balaban J connectivity index is 2.69. The molecular weight excluding hydrogens is 284 g/mol. The lowest BCUT2D eigenvalue weighted by Crippen LogP contribution is -2.44. The summed E-state index contributed by atoms with van der Waals surface area (Å²) in [5, 5.41) is 30.2. The Morgan fingerprint density at radius 1 is 1.52 bits per heavy atom. The van der Waals surface area contributed by atoms with E-state index in [0.29, 0.717) is 0 Å². The number of amides is 2. The minimum absolute atomic E-state index is 0.132. The molecule has 2 amide bonds. The molecule has 0 aliphatic carbocycles. The molecular formula is C12H20N2O7. The van der Waals surface area contributed by atoms with E-state index in [9.17, 15) is 24.9 Å². The number of carbonyl (C=O) groups is 2. The summed E-state index contributed by atoms with van der Waals surface area (Å²) < 4.78 is 10.1. The number of urea groups is 1. The van der Waals surface area contributed by atoms with Gasteiger partial charge in [-0.25, -0.2) is 9.59 Å². The molecule has 1 aliphatic heterocycles. The summed E-state index contributed by atoms with van der Waals surface area (Å²) in [5.74, 6) is -0.736. The lowest BCUT2D eigenvalue weighted by Gasteiger charge is -2.26. The Morgan fingerprint density at radius 2 is 2.14 bits per heavy atom. The van der Waals surface area contributed by atoms with Crippen molar-refractivity contribution in [1.82, 2.24) is 10.2 Å². The van der Waals surface area contributed by atoms with Gasteiger partial charge in [0.2, 0.25) is 6.29 Å². The molecule has 0 aromatic rings. The molecule has 21 heavy (non-hydrogen) atoms. The van der Waals surface area contributed by atoms with E-state index in [2.05, 4.69) is 11.9 Å². The maximum Gasteiger partial charge on any atom is 0.335 e. The van der Waals surface area contributed by atoms with E-state index in [-0.39, 0.29) is 18.7 Å². The molecule has 1 rings (SSSR count). The fourth-order valence-corrected chi connectivity index (χ4v) is 1.52. The summed E-state index contributed by atoms with van der Waals surface area (Å²) in [6.07, 6.45) is -4.95. The lowest BCUT2D eigenvalue weighted by molar-refractivity contribution is -0.186. The van der Waals surface area contributed by atoms with Crippen molar-refractivity contribution in [2.24, 2.45) is 0 Å². The van der Waals surface area contributed by atoms with Gasteiger partial charge in [-0.05, 0) is 13.8 Å². The molecule has 9 nitrogen and oxygen atoms in total. The highest BCUT2D eigenvalue weighted by molar-refractivity contribution is 5.87. The number of hydrogen-bond donors (Lipinski definition) is 4. The molecule has 4 N–H and O–H groups in total. The molecule has 120 valence electrons. The maximum atomic E-state index is 11.5. The lowest BCUT2D eigenvalue weighted by atomic mass is 10.3. The summed E-state index contributed by atoms with van der Waals surface area (Å²) in [7, 11) is 0. The Labute approximate surface area is 121 Å². The smallest absolute Gasteiger partial charge is 0.335 e. The van der Waals surface area contributed by atoms with Crippen LogP contribution in [0.2, 0.25) is 0 Å². The van der Waals surface area contributed by atoms with E-state index in [0.717, 1.165) is 4.90 Å². The third-order valence-electron chi connectivity index (χ3n) is 2.59. The Hall–Kier alpha value is -1.68. The van der Waals surface area contributed by atoms with Crippen LogP contribution in [0.15, 0.2) is 12.2 Å². The molecule has 0 bridgehead atoms. The monoisotopic (exact) mass is 304 g/mol. The molecule has 0 spiro atoms. The van der Waals surface area contributed by atoms with Crippen molar-refractivity contribution < 1.29 is 34.4 Å². The van der Waals surface area contributed by atoms with E-state index in [1.54, 1.807) is 0 Å². The fraction of sp³-hybridized carbons (Fsp3) is 0.667. The van der Waals surface area contributed by atoms with Crippen molar-refractivity contribution in [1.29, 1.82) is 0 Å². The SMILES string of the molecule is C=C(C)C(=O)OC(CN1C(=O)NC(O)C1O)OCC(C)O. The standard InChI is InChI=1S/C12H20N2O7/c1-6(2)11(18)21-8(20-5-7(3)15)4-14-10(17)9(16)13-12(14)19/h7-10,15-17H,1,4-5H2,2-3H3,(H,13,19). The highest BCUT2D eigenvalue weighted by Crippen LogP contribution is 2.13. The molecule has 0 saturated carbocycles. The van der Waals surface area contributed by atoms with E-state index in [1.165, 1.54) is 13.8 Å². The predicted molar refractivity (Wildman–Crippen MR) is 69.6 cm³/mol. The first-order chi connectivity index (χ1) is 9.72. The third-order valence-corrected chi connectivity index (χ3v) is 2.59. The van der Waals surface area contributed by atoms with Gasteiger partial charge in [0, 0.05) is 5.57 Å². The van der Waals surface area contributed by atoms with Gasteiger partial charge in [-0.3, -0.25) is 4.90 Å². The molecule has 4 atom stereocenters. The van der Waals surface area contributed by atoms with Gasteiger partial charge in [-0.2, -0.15) is 0 Å². The van der Waals surface area contributed by atoms with Crippen molar-refractivity contribution in [2.75, 3.05) is 13.2 Å². The molecule has 0 aromatic carbocycles. The van der Waals surface area contributed by atoms with Crippen LogP contribution < -0.4 is 5.32 Å². The Kier molecular flexibility index (Phi) is 6.09. The van der Waals surface area contributed by atoms with Crippen LogP contribution in [-0.4, -0.2) is 70.2 Å². The third kappa shape index (κ3) is 4.97.